The van der Waals surface area contributed by atoms with Crippen molar-refractivity contribution in [1.82, 2.24) is 0 Å². The van der Waals surface area contributed by atoms with Crippen LogP contribution in [0.3, 0.4) is 0 Å². The van der Waals surface area contributed by atoms with Crippen molar-refractivity contribution in [2.75, 3.05) is 6.54 Å². The van der Waals surface area contributed by atoms with E-state index < -0.39 is 0 Å². The first-order valence-electron chi connectivity index (χ1n) is 4.35. The molecular weight excluding hydrogens is 146 g/mol. The van der Waals surface area contributed by atoms with Crippen molar-refractivity contribution < 1.29 is 0 Å². The molecule has 0 unspecified atom stereocenters. The highest BCUT2D eigenvalue weighted by Crippen LogP contribution is 1.91. The van der Waals surface area contributed by atoms with Crippen molar-refractivity contribution in [1.29, 1.82) is 0 Å². The zero-order chi connectivity index (χ0) is 9.40. The van der Waals surface area contributed by atoms with Crippen LogP contribution in [0.25, 0.3) is 0 Å². The predicted molar refractivity (Wildman–Crippen MR) is 55.4 cm³/mol. The minimum atomic E-state index is 0.441. The van der Waals surface area contributed by atoms with Crippen LogP contribution < -0.4 is 0 Å². The molecule has 1 heteroatoms. The number of hydrogen-bond acceptors (Lipinski definition) is 1. The maximum Gasteiger partial charge on any atom is 0.0360 e. The van der Waals surface area contributed by atoms with Gasteiger partial charge in [0.1, 0.15) is 0 Å². The van der Waals surface area contributed by atoms with E-state index in [2.05, 4.69) is 30.7 Å². The lowest BCUT2D eigenvalue weighted by Crippen LogP contribution is -1.79. The fourth-order valence-electron chi connectivity index (χ4n) is 0.570. The molecule has 0 aliphatic rings. The molecule has 0 saturated carbocycles. The summed E-state index contributed by atoms with van der Waals surface area (Å²) in [6.07, 6.45) is 3.75. The van der Waals surface area contributed by atoms with E-state index >= 15 is 0 Å². The molecule has 66 valence electrons. The summed E-state index contributed by atoms with van der Waals surface area (Å²) in [4.78, 5) is 4.07. The highest BCUT2D eigenvalue weighted by Gasteiger charge is 1.81. The molecule has 0 heterocycles. The Kier molecular flexibility index (Phi) is 6.09. The van der Waals surface area contributed by atoms with Gasteiger partial charge in [-0.2, -0.15) is 0 Å². The Bertz CT molecular complexity index is 223. The summed E-state index contributed by atoms with van der Waals surface area (Å²) in [6, 6.07) is 0. The quantitative estimate of drug-likeness (QED) is 0.438. The lowest BCUT2D eigenvalue weighted by atomic mass is 10.2. The lowest BCUT2D eigenvalue weighted by Gasteiger charge is -1.87. The van der Waals surface area contributed by atoms with Gasteiger partial charge in [0.15, 0.2) is 0 Å². The van der Waals surface area contributed by atoms with E-state index in [1.54, 1.807) is 0 Å². The van der Waals surface area contributed by atoms with E-state index in [1.165, 1.54) is 0 Å². The van der Waals surface area contributed by atoms with Gasteiger partial charge in [-0.25, -0.2) is 0 Å². The fourth-order valence-corrected chi connectivity index (χ4v) is 0.570. The molecule has 0 aliphatic heterocycles. The number of nitrogens with zero attached hydrogens (tertiary/aromatic N) is 1. The minimum Gasteiger partial charge on any atom is -0.293 e. The van der Waals surface area contributed by atoms with Gasteiger partial charge < -0.3 is 0 Å². The van der Waals surface area contributed by atoms with E-state index in [-0.39, 0.29) is 0 Å². The van der Waals surface area contributed by atoms with E-state index in [4.69, 9.17) is 0 Å². The molecule has 0 spiro atoms. The summed E-state index contributed by atoms with van der Waals surface area (Å²) in [6.45, 7) is 9.01. The van der Waals surface area contributed by atoms with Gasteiger partial charge in [-0.1, -0.05) is 25.7 Å². The zero-order valence-corrected chi connectivity index (χ0v) is 8.39. The van der Waals surface area contributed by atoms with Crippen molar-refractivity contribution in [3.63, 3.8) is 0 Å². The maximum absolute atomic E-state index is 4.07. The smallest absolute Gasteiger partial charge is 0.0360 e. The Labute approximate surface area is 75.6 Å². The molecule has 0 aromatic rings. The number of hydrogen-bond donors (Lipinski definition) is 0. The number of allylic oxidation sites excluding steroid dienone is 2. The third kappa shape index (κ3) is 7.08. The molecule has 0 rings (SSSR count). The van der Waals surface area contributed by atoms with Gasteiger partial charge in [-0.15, -0.1) is 0 Å². The normalized spacial score (nSPS) is 11.9. The van der Waals surface area contributed by atoms with Crippen molar-refractivity contribution in [3.05, 3.63) is 11.6 Å². The van der Waals surface area contributed by atoms with E-state index in [1.807, 2.05) is 26.1 Å². The van der Waals surface area contributed by atoms with Crippen LogP contribution in [-0.2, 0) is 0 Å². The largest absolute Gasteiger partial charge is 0.293 e. The van der Waals surface area contributed by atoms with Crippen LogP contribution >= 0.6 is 0 Å². The summed E-state index contributed by atoms with van der Waals surface area (Å²) in [5.74, 6) is 6.59. The second kappa shape index (κ2) is 6.67. The molecule has 0 N–H and O–H groups in total. The second-order valence-corrected chi connectivity index (χ2v) is 2.92. The van der Waals surface area contributed by atoms with Crippen LogP contribution in [0.4, 0.5) is 0 Å². The summed E-state index contributed by atoms with van der Waals surface area (Å²) >= 11 is 0. The van der Waals surface area contributed by atoms with Crippen molar-refractivity contribution >= 4 is 6.21 Å². The molecule has 0 amide bonds. The first-order valence-corrected chi connectivity index (χ1v) is 4.35. The van der Waals surface area contributed by atoms with Crippen molar-refractivity contribution in [2.45, 2.75) is 27.7 Å². The summed E-state index contributed by atoms with van der Waals surface area (Å²) in [5.41, 5.74) is 1.07. The van der Waals surface area contributed by atoms with Gasteiger partial charge >= 0.3 is 0 Å². The van der Waals surface area contributed by atoms with Gasteiger partial charge in [-0.05, 0) is 19.9 Å². The van der Waals surface area contributed by atoms with Crippen LogP contribution in [0, 0.1) is 17.8 Å². The zero-order valence-electron chi connectivity index (χ0n) is 8.39. The molecule has 12 heavy (non-hydrogen) atoms. The molecule has 0 aliphatic carbocycles. The fraction of sp³-hybridized carbons (Fsp3) is 0.545. The standard InChI is InChI=1S/C11H17N/c1-5-12-9-8-11(4)7-6-10(2)3/h8-10H,5H2,1-4H3/b11-8+,12-9?. The molecule has 0 saturated heterocycles. The molecule has 1 nitrogen and oxygen atoms in total. The lowest BCUT2D eigenvalue weighted by molar-refractivity contribution is 0.866. The maximum atomic E-state index is 4.07. The Morgan fingerprint density at radius 2 is 2.17 bits per heavy atom. The molecular formula is C11H17N. The SMILES string of the molecule is CCN=C/C=C(\C)C#CC(C)C. The second-order valence-electron chi connectivity index (χ2n) is 2.92. The number of rotatable bonds is 2. The van der Waals surface area contributed by atoms with E-state index in [0.717, 1.165) is 12.1 Å². The monoisotopic (exact) mass is 163 g/mol. The Morgan fingerprint density at radius 3 is 2.67 bits per heavy atom. The van der Waals surface area contributed by atoms with E-state index in [9.17, 15) is 0 Å². The predicted octanol–water partition coefficient (Wildman–Crippen LogP) is 2.68. The van der Waals surface area contributed by atoms with Crippen LogP contribution in [0.1, 0.15) is 27.7 Å². The first kappa shape index (κ1) is 11.0. The molecule has 0 radical (unpaired) electrons. The van der Waals surface area contributed by atoms with E-state index in [0.29, 0.717) is 5.92 Å². The van der Waals surface area contributed by atoms with Gasteiger partial charge in [-0.3, -0.25) is 4.99 Å². The molecule has 0 fully saturated rings. The molecule has 0 aromatic carbocycles. The van der Waals surface area contributed by atoms with Gasteiger partial charge in [0.25, 0.3) is 0 Å². The summed E-state index contributed by atoms with van der Waals surface area (Å²) in [5, 5.41) is 0. The molecule has 0 atom stereocenters. The highest BCUT2D eigenvalue weighted by molar-refractivity contribution is 5.73. The van der Waals surface area contributed by atoms with Gasteiger partial charge in [0, 0.05) is 24.3 Å². The Hall–Kier alpha value is -1.03. The minimum absolute atomic E-state index is 0.441. The number of aliphatic imine (C=N–C) groups is 1. The van der Waals surface area contributed by atoms with Crippen molar-refractivity contribution in [2.24, 2.45) is 10.9 Å². The Balaban J connectivity index is 4.04. The van der Waals surface area contributed by atoms with Gasteiger partial charge in [0.05, 0.1) is 0 Å². The van der Waals surface area contributed by atoms with Crippen LogP contribution in [0.15, 0.2) is 16.6 Å². The Morgan fingerprint density at radius 1 is 1.50 bits per heavy atom. The van der Waals surface area contributed by atoms with Gasteiger partial charge in [0.2, 0.25) is 0 Å². The average Bonchev–Trinajstić information content (AvgIpc) is 2.01. The highest BCUT2D eigenvalue weighted by atomic mass is 14.7. The summed E-state index contributed by atoms with van der Waals surface area (Å²) in [7, 11) is 0. The average molecular weight is 163 g/mol. The van der Waals surface area contributed by atoms with Crippen LogP contribution in [0.5, 0.6) is 0 Å². The van der Waals surface area contributed by atoms with Crippen molar-refractivity contribution in [3.8, 4) is 11.8 Å². The topological polar surface area (TPSA) is 12.4 Å². The third-order valence-corrected chi connectivity index (χ3v) is 1.17. The summed E-state index contributed by atoms with van der Waals surface area (Å²) < 4.78 is 0. The first-order chi connectivity index (χ1) is 5.66. The van der Waals surface area contributed by atoms with Crippen LogP contribution in [0.2, 0.25) is 0 Å². The molecule has 0 aromatic heterocycles. The molecule has 0 bridgehead atoms. The third-order valence-electron chi connectivity index (χ3n) is 1.17. The van der Waals surface area contributed by atoms with Crippen LogP contribution in [-0.4, -0.2) is 12.8 Å².